The van der Waals surface area contributed by atoms with Crippen LogP contribution < -0.4 is 0 Å². The number of para-hydroxylation sites is 2. The van der Waals surface area contributed by atoms with E-state index >= 15 is 0 Å². The molecule has 312 valence electrons. The van der Waals surface area contributed by atoms with Gasteiger partial charge in [-0.3, -0.25) is 0 Å². The van der Waals surface area contributed by atoms with Gasteiger partial charge in [0.15, 0.2) is 17.5 Å². The summed E-state index contributed by atoms with van der Waals surface area (Å²) in [4.78, 5) is 15.9. The summed E-state index contributed by atoms with van der Waals surface area (Å²) in [5, 5.41) is 9.78. The molecule has 4 nitrogen and oxygen atoms in total. The average Bonchev–Trinajstić information content (AvgIpc) is 3.75. The molecule has 0 aliphatic rings. The second-order valence-electron chi connectivity index (χ2n) is 17.1. The average molecular weight is 853 g/mol. The van der Waals surface area contributed by atoms with Gasteiger partial charge in [-0.2, -0.15) is 0 Å². The van der Waals surface area contributed by atoms with Crippen LogP contribution in [0.15, 0.2) is 243 Å². The standard InChI is InChI=1S/C63H40N4/c1-3-16-41(17-4-1)42-30-34-45(35-31-42)61-64-62(46-36-32-44(33-37-46)59-50-23-10-8-19-47(50)40-56-49-22-9-7-18-43(49)38-39-53(56)59)66-63(65-61)54-25-12-11-24-51(54)52-27-15-29-58-60(52)55-26-13-14-28-57(55)67(58)48-20-5-2-6-21-48/h1-40H. The summed E-state index contributed by atoms with van der Waals surface area (Å²) >= 11 is 0. The maximum absolute atomic E-state index is 5.35. The highest BCUT2D eigenvalue weighted by Gasteiger charge is 2.21. The van der Waals surface area contributed by atoms with Gasteiger partial charge in [-0.25, -0.2) is 15.0 Å². The van der Waals surface area contributed by atoms with E-state index in [0.717, 1.165) is 61.2 Å². The summed E-state index contributed by atoms with van der Waals surface area (Å²) in [5.41, 5.74) is 13.0. The molecular formula is C63H40N4. The molecule has 0 radical (unpaired) electrons. The van der Waals surface area contributed by atoms with Crippen molar-refractivity contribution in [3.8, 4) is 73.2 Å². The van der Waals surface area contributed by atoms with Gasteiger partial charge in [-0.05, 0) is 96.0 Å². The Morgan fingerprint density at radius 2 is 0.791 bits per heavy atom. The zero-order chi connectivity index (χ0) is 44.3. The third-order valence-corrected chi connectivity index (χ3v) is 13.3. The molecular weight excluding hydrogens is 813 g/mol. The molecule has 0 aliphatic heterocycles. The Bertz CT molecular complexity index is 4010. The second-order valence-corrected chi connectivity index (χ2v) is 17.1. The Morgan fingerprint density at radius 1 is 0.269 bits per heavy atom. The van der Waals surface area contributed by atoms with Crippen LogP contribution in [-0.4, -0.2) is 19.5 Å². The Kier molecular flexibility index (Phi) is 9.14. The molecule has 4 heteroatoms. The molecule has 2 aromatic heterocycles. The summed E-state index contributed by atoms with van der Waals surface area (Å²) in [6.45, 7) is 0. The first-order valence-corrected chi connectivity index (χ1v) is 22.8. The van der Waals surface area contributed by atoms with E-state index in [-0.39, 0.29) is 0 Å². The van der Waals surface area contributed by atoms with Crippen LogP contribution in [0.5, 0.6) is 0 Å². The minimum absolute atomic E-state index is 0.612. The number of rotatable bonds is 7. The van der Waals surface area contributed by atoms with Gasteiger partial charge in [0.2, 0.25) is 0 Å². The van der Waals surface area contributed by atoms with Gasteiger partial charge in [0, 0.05) is 33.2 Å². The number of hydrogen-bond acceptors (Lipinski definition) is 3. The van der Waals surface area contributed by atoms with Gasteiger partial charge < -0.3 is 4.57 Å². The normalized spacial score (nSPS) is 11.6. The summed E-state index contributed by atoms with van der Waals surface area (Å²) < 4.78 is 2.36. The van der Waals surface area contributed by atoms with Crippen LogP contribution in [-0.2, 0) is 0 Å². The van der Waals surface area contributed by atoms with Crippen molar-refractivity contribution in [3.63, 3.8) is 0 Å². The van der Waals surface area contributed by atoms with Crippen molar-refractivity contribution in [1.82, 2.24) is 19.5 Å². The molecule has 0 saturated heterocycles. The molecule has 13 rings (SSSR count). The van der Waals surface area contributed by atoms with Gasteiger partial charge >= 0.3 is 0 Å². The second kappa shape index (κ2) is 15.9. The predicted molar refractivity (Wildman–Crippen MR) is 279 cm³/mol. The van der Waals surface area contributed by atoms with Crippen LogP contribution in [0.25, 0.3) is 127 Å². The molecule has 0 spiro atoms. The summed E-state index contributed by atoms with van der Waals surface area (Å²) in [7, 11) is 0. The van der Waals surface area contributed by atoms with Crippen LogP contribution in [0.2, 0.25) is 0 Å². The molecule has 2 heterocycles. The Balaban J connectivity index is 0.988. The van der Waals surface area contributed by atoms with Crippen molar-refractivity contribution < 1.29 is 0 Å². The lowest BCUT2D eigenvalue weighted by Gasteiger charge is -2.15. The van der Waals surface area contributed by atoms with E-state index in [1.165, 1.54) is 48.7 Å². The SMILES string of the molecule is c1ccc(-c2ccc(-c3nc(-c4ccc(-c5c6ccccc6cc6c5ccc5ccccc56)cc4)nc(-c4ccccc4-c4cccc5c4c4ccccc4n5-c4ccccc4)n3)cc2)cc1. The van der Waals surface area contributed by atoms with E-state index in [1.54, 1.807) is 0 Å². The number of aromatic nitrogens is 4. The molecule has 0 amide bonds. The monoisotopic (exact) mass is 852 g/mol. The van der Waals surface area contributed by atoms with Gasteiger partial charge in [-0.15, -0.1) is 0 Å². The number of hydrogen-bond donors (Lipinski definition) is 0. The zero-order valence-electron chi connectivity index (χ0n) is 36.4. The first-order chi connectivity index (χ1) is 33.2. The highest BCUT2D eigenvalue weighted by molar-refractivity contribution is 6.20. The predicted octanol–water partition coefficient (Wildman–Crippen LogP) is 16.4. The van der Waals surface area contributed by atoms with Crippen molar-refractivity contribution in [2.75, 3.05) is 0 Å². The zero-order valence-corrected chi connectivity index (χ0v) is 36.4. The molecule has 0 N–H and O–H groups in total. The molecule has 0 unspecified atom stereocenters. The lowest BCUT2D eigenvalue weighted by atomic mass is 9.89. The lowest BCUT2D eigenvalue weighted by molar-refractivity contribution is 1.07. The van der Waals surface area contributed by atoms with Gasteiger partial charge in [0.25, 0.3) is 0 Å². The van der Waals surface area contributed by atoms with Crippen molar-refractivity contribution >= 4 is 54.1 Å². The van der Waals surface area contributed by atoms with Crippen molar-refractivity contribution in [3.05, 3.63) is 243 Å². The fourth-order valence-electron chi connectivity index (χ4n) is 10.1. The van der Waals surface area contributed by atoms with E-state index in [9.17, 15) is 0 Å². The van der Waals surface area contributed by atoms with E-state index in [4.69, 9.17) is 15.0 Å². The summed E-state index contributed by atoms with van der Waals surface area (Å²) in [6.07, 6.45) is 0. The van der Waals surface area contributed by atoms with Gasteiger partial charge in [-0.1, -0.05) is 212 Å². The van der Waals surface area contributed by atoms with E-state index in [1.807, 2.05) is 6.07 Å². The van der Waals surface area contributed by atoms with Crippen molar-refractivity contribution in [2.24, 2.45) is 0 Å². The fourth-order valence-corrected chi connectivity index (χ4v) is 10.1. The van der Waals surface area contributed by atoms with E-state index in [0.29, 0.717) is 17.5 Å². The molecule has 0 aliphatic carbocycles. The van der Waals surface area contributed by atoms with Crippen LogP contribution in [0.4, 0.5) is 0 Å². The number of fused-ring (bicyclic) bond motifs is 7. The van der Waals surface area contributed by atoms with Gasteiger partial charge in [0.1, 0.15) is 0 Å². The van der Waals surface area contributed by atoms with Gasteiger partial charge in [0.05, 0.1) is 11.0 Å². The molecule has 0 saturated carbocycles. The van der Waals surface area contributed by atoms with E-state index < -0.39 is 0 Å². The molecule has 0 bridgehead atoms. The van der Waals surface area contributed by atoms with Crippen LogP contribution in [0.3, 0.4) is 0 Å². The number of nitrogens with zero attached hydrogens (tertiary/aromatic N) is 4. The molecule has 0 fully saturated rings. The quantitative estimate of drug-likeness (QED) is 0.118. The van der Waals surface area contributed by atoms with Crippen LogP contribution >= 0.6 is 0 Å². The molecule has 67 heavy (non-hydrogen) atoms. The minimum Gasteiger partial charge on any atom is -0.309 e. The Morgan fingerprint density at radius 3 is 1.54 bits per heavy atom. The van der Waals surface area contributed by atoms with Crippen molar-refractivity contribution in [2.45, 2.75) is 0 Å². The maximum atomic E-state index is 5.35. The summed E-state index contributed by atoms with van der Waals surface area (Å²) in [6, 6.07) is 86.4. The minimum atomic E-state index is 0.612. The summed E-state index contributed by atoms with van der Waals surface area (Å²) in [5.74, 6) is 1.84. The first kappa shape index (κ1) is 38.5. The highest BCUT2D eigenvalue weighted by Crippen LogP contribution is 2.43. The molecule has 13 aromatic rings. The smallest absolute Gasteiger partial charge is 0.164 e. The van der Waals surface area contributed by atoms with Crippen molar-refractivity contribution in [1.29, 1.82) is 0 Å². The van der Waals surface area contributed by atoms with E-state index in [2.05, 4.69) is 241 Å². The largest absolute Gasteiger partial charge is 0.309 e. The fraction of sp³-hybridized carbons (Fsp3) is 0. The maximum Gasteiger partial charge on any atom is 0.164 e. The molecule has 0 atom stereocenters. The topological polar surface area (TPSA) is 43.6 Å². The first-order valence-electron chi connectivity index (χ1n) is 22.8. The third kappa shape index (κ3) is 6.57. The Labute approximate surface area is 387 Å². The highest BCUT2D eigenvalue weighted by atomic mass is 15.0. The number of benzene rings is 11. The van der Waals surface area contributed by atoms with Crippen LogP contribution in [0.1, 0.15) is 0 Å². The third-order valence-electron chi connectivity index (χ3n) is 13.3. The molecule has 11 aromatic carbocycles. The Hall–Kier alpha value is -8.99. The van der Waals surface area contributed by atoms with Crippen LogP contribution in [0, 0.1) is 0 Å². The lowest BCUT2D eigenvalue weighted by Crippen LogP contribution is -2.01.